The third kappa shape index (κ3) is 4.01. The molecule has 25 heavy (non-hydrogen) atoms. The zero-order chi connectivity index (χ0) is 17.6. The van der Waals surface area contributed by atoms with Gasteiger partial charge in [0.25, 0.3) is 11.5 Å². The molecule has 0 spiro atoms. The highest BCUT2D eigenvalue weighted by Crippen LogP contribution is 2.20. The maximum absolute atomic E-state index is 12.9. The van der Waals surface area contributed by atoms with E-state index in [9.17, 15) is 14.0 Å². The minimum Gasteiger partial charge on any atom is -0.352 e. The number of hydrogen-bond acceptors (Lipinski definition) is 2. The molecule has 0 bridgehead atoms. The van der Waals surface area contributed by atoms with Crippen LogP contribution >= 0.6 is 0 Å². The van der Waals surface area contributed by atoms with Crippen LogP contribution in [0.2, 0.25) is 0 Å². The fraction of sp³-hybridized carbons (Fsp3) is 0.100. The zero-order valence-corrected chi connectivity index (χ0v) is 13.5. The van der Waals surface area contributed by atoms with Gasteiger partial charge in [-0.1, -0.05) is 42.5 Å². The van der Waals surface area contributed by atoms with Crippen LogP contribution < -0.4 is 10.9 Å². The first-order valence-electron chi connectivity index (χ1n) is 7.95. The number of hydrogen-bond donors (Lipinski definition) is 2. The molecule has 1 aromatic heterocycles. The smallest absolute Gasteiger partial charge is 0.261 e. The van der Waals surface area contributed by atoms with Crippen molar-refractivity contribution in [2.24, 2.45) is 0 Å². The van der Waals surface area contributed by atoms with E-state index in [0.29, 0.717) is 18.5 Å². The number of aromatic amines is 1. The quantitative estimate of drug-likeness (QED) is 0.752. The Bertz CT molecular complexity index is 918. The Morgan fingerprint density at radius 2 is 1.72 bits per heavy atom. The highest BCUT2D eigenvalue weighted by molar-refractivity contribution is 6.00. The maximum Gasteiger partial charge on any atom is 0.261 e. The predicted molar refractivity (Wildman–Crippen MR) is 94.9 cm³/mol. The van der Waals surface area contributed by atoms with Gasteiger partial charge in [0.2, 0.25) is 0 Å². The van der Waals surface area contributed by atoms with Crippen molar-refractivity contribution in [3.8, 4) is 11.1 Å². The van der Waals surface area contributed by atoms with E-state index in [-0.39, 0.29) is 11.4 Å². The van der Waals surface area contributed by atoms with Gasteiger partial charge in [0.1, 0.15) is 11.4 Å². The van der Waals surface area contributed by atoms with Crippen molar-refractivity contribution in [3.63, 3.8) is 0 Å². The molecule has 0 saturated heterocycles. The average Bonchev–Trinajstić information content (AvgIpc) is 2.64. The second-order valence-electron chi connectivity index (χ2n) is 5.59. The van der Waals surface area contributed by atoms with Gasteiger partial charge < -0.3 is 10.3 Å². The summed E-state index contributed by atoms with van der Waals surface area (Å²) in [5, 5.41) is 2.76. The summed E-state index contributed by atoms with van der Waals surface area (Å²) in [7, 11) is 0. The molecule has 2 N–H and O–H groups in total. The topological polar surface area (TPSA) is 62.0 Å². The lowest BCUT2D eigenvalue weighted by atomic mass is 10.0. The van der Waals surface area contributed by atoms with Crippen molar-refractivity contribution in [3.05, 3.63) is 94.2 Å². The average molecular weight is 336 g/mol. The van der Waals surface area contributed by atoms with Crippen LogP contribution in [-0.2, 0) is 6.42 Å². The molecule has 126 valence electrons. The van der Waals surface area contributed by atoms with Gasteiger partial charge in [-0.25, -0.2) is 4.39 Å². The van der Waals surface area contributed by atoms with Crippen LogP contribution in [-0.4, -0.2) is 17.4 Å². The Hall–Kier alpha value is -3.21. The number of pyridine rings is 1. The molecule has 0 aliphatic rings. The maximum atomic E-state index is 12.9. The highest BCUT2D eigenvalue weighted by atomic mass is 19.1. The van der Waals surface area contributed by atoms with Crippen molar-refractivity contribution in [2.45, 2.75) is 6.42 Å². The fourth-order valence-electron chi connectivity index (χ4n) is 2.62. The first-order chi connectivity index (χ1) is 12.1. The van der Waals surface area contributed by atoms with Crippen molar-refractivity contribution in [1.82, 2.24) is 10.3 Å². The Morgan fingerprint density at radius 1 is 1.00 bits per heavy atom. The van der Waals surface area contributed by atoms with Gasteiger partial charge in [0.05, 0.1) is 0 Å². The molecule has 5 heteroatoms. The van der Waals surface area contributed by atoms with Crippen molar-refractivity contribution >= 4 is 5.91 Å². The summed E-state index contributed by atoms with van der Waals surface area (Å²) in [6.07, 6.45) is 2.08. The van der Waals surface area contributed by atoms with E-state index >= 15 is 0 Å². The Morgan fingerprint density at radius 3 is 2.44 bits per heavy atom. The van der Waals surface area contributed by atoms with Gasteiger partial charge in [-0.3, -0.25) is 9.59 Å². The first-order valence-corrected chi connectivity index (χ1v) is 7.95. The minimum absolute atomic E-state index is 0.0906. The largest absolute Gasteiger partial charge is 0.352 e. The van der Waals surface area contributed by atoms with Gasteiger partial charge in [-0.05, 0) is 35.7 Å². The monoisotopic (exact) mass is 336 g/mol. The molecule has 0 fully saturated rings. The molecule has 0 saturated carbocycles. The predicted octanol–water partition coefficient (Wildman–Crippen LogP) is 3.15. The lowest BCUT2D eigenvalue weighted by molar-refractivity contribution is 0.0953. The SMILES string of the molecule is O=C(NCCc1ccc(F)cc1)c1c(-c2ccccc2)cc[nH]c1=O. The number of amides is 1. The number of rotatable bonds is 5. The molecule has 0 atom stereocenters. The zero-order valence-electron chi connectivity index (χ0n) is 13.5. The molecule has 0 aliphatic heterocycles. The number of aromatic nitrogens is 1. The third-order valence-corrected chi connectivity index (χ3v) is 3.89. The minimum atomic E-state index is -0.430. The number of carbonyl (C=O) groups excluding carboxylic acids is 1. The summed E-state index contributed by atoms with van der Waals surface area (Å²) in [5.74, 6) is -0.723. The summed E-state index contributed by atoms with van der Waals surface area (Å²) < 4.78 is 12.9. The van der Waals surface area contributed by atoms with Gasteiger partial charge >= 0.3 is 0 Å². The molecule has 3 rings (SSSR count). The normalized spacial score (nSPS) is 10.4. The van der Waals surface area contributed by atoms with Crippen molar-refractivity contribution in [1.29, 1.82) is 0 Å². The number of H-pyrrole nitrogens is 1. The lowest BCUT2D eigenvalue weighted by Crippen LogP contribution is -2.31. The second-order valence-corrected chi connectivity index (χ2v) is 5.59. The Kier molecular flexibility index (Phi) is 5.04. The summed E-state index contributed by atoms with van der Waals surface area (Å²) in [6, 6.07) is 17.1. The molecule has 1 heterocycles. The van der Waals surface area contributed by atoms with E-state index in [2.05, 4.69) is 10.3 Å². The van der Waals surface area contributed by atoms with Gasteiger partial charge in [-0.15, -0.1) is 0 Å². The molecule has 0 unspecified atom stereocenters. The van der Waals surface area contributed by atoms with E-state index < -0.39 is 11.5 Å². The van der Waals surface area contributed by atoms with Crippen LogP contribution in [0.5, 0.6) is 0 Å². The van der Waals surface area contributed by atoms with Gasteiger partial charge in [0.15, 0.2) is 0 Å². The van der Waals surface area contributed by atoms with Crippen LogP contribution in [0, 0.1) is 5.82 Å². The molecular formula is C20H17FN2O2. The standard InChI is InChI=1S/C20H17FN2O2/c21-16-8-6-14(7-9-16)10-12-22-19(24)18-17(11-13-23-20(18)25)15-4-2-1-3-5-15/h1-9,11,13H,10,12H2,(H,22,24)(H,23,25). The summed E-state index contributed by atoms with van der Waals surface area (Å²) in [5.41, 5.74) is 1.96. The summed E-state index contributed by atoms with van der Waals surface area (Å²) in [6.45, 7) is 0.354. The van der Waals surface area contributed by atoms with E-state index in [1.165, 1.54) is 18.3 Å². The van der Waals surface area contributed by atoms with Gasteiger partial charge in [0, 0.05) is 18.3 Å². The summed E-state index contributed by atoms with van der Waals surface area (Å²) >= 11 is 0. The van der Waals surface area contributed by atoms with E-state index in [0.717, 1.165) is 11.1 Å². The number of halogens is 1. The molecular weight excluding hydrogens is 319 g/mol. The van der Waals surface area contributed by atoms with Crippen LogP contribution in [0.25, 0.3) is 11.1 Å². The second kappa shape index (κ2) is 7.57. The number of benzene rings is 2. The number of carbonyl (C=O) groups is 1. The molecule has 1 amide bonds. The molecule has 0 aliphatic carbocycles. The molecule has 0 radical (unpaired) electrons. The third-order valence-electron chi connectivity index (χ3n) is 3.89. The summed E-state index contributed by atoms with van der Waals surface area (Å²) in [4.78, 5) is 27.2. The van der Waals surface area contributed by atoms with Crippen LogP contribution in [0.1, 0.15) is 15.9 Å². The molecule has 2 aromatic carbocycles. The van der Waals surface area contributed by atoms with Crippen LogP contribution in [0.15, 0.2) is 71.7 Å². The highest BCUT2D eigenvalue weighted by Gasteiger charge is 2.16. The lowest BCUT2D eigenvalue weighted by Gasteiger charge is -2.09. The van der Waals surface area contributed by atoms with Crippen molar-refractivity contribution < 1.29 is 9.18 Å². The molecule has 3 aromatic rings. The number of nitrogens with one attached hydrogen (secondary N) is 2. The fourth-order valence-corrected chi connectivity index (χ4v) is 2.62. The van der Waals surface area contributed by atoms with E-state index in [4.69, 9.17) is 0 Å². The van der Waals surface area contributed by atoms with E-state index in [1.54, 1.807) is 18.2 Å². The molecule has 4 nitrogen and oxygen atoms in total. The first kappa shape index (κ1) is 16.6. The van der Waals surface area contributed by atoms with Crippen LogP contribution in [0.3, 0.4) is 0 Å². The van der Waals surface area contributed by atoms with Crippen molar-refractivity contribution in [2.75, 3.05) is 6.54 Å². The van der Waals surface area contributed by atoms with Crippen LogP contribution in [0.4, 0.5) is 4.39 Å². The Balaban J connectivity index is 1.76. The van der Waals surface area contributed by atoms with E-state index in [1.807, 2.05) is 30.3 Å². The van der Waals surface area contributed by atoms with Gasteiger partial charge in [-0.2, -0.15) is 0 Å². The Labute approximate surface area is 144 Å².